The molecule has 0 saturated carbocycles. The molecule has 0 aliphatic carbocycles. The lowest BCUT2D eigenvalue weighted by Crippen LogP contribution is -2.28. The first-order chi connectivity index (χ1) is 14.0. The van der Waals surface area contributed by atoms with E-state index < -0.39 is 5.92 Å². The maximum atomic E-state index is 12.7. The number of rotatable bonds is 8. The molecule has 1 atom stereocenters. The molecular weight excluding hydrogens is 368 g/mol. The van der Waals surface area contributed by atoms with Crippen LogP contribution >= 0.6 is 0 Å². The average molecular weight is 396 g/mol. The number of hydrogen-bond acceptors (Lipinski definition) is 4. The molecular formula is C23H28N2O4. The van der Waals surface area contributed by atoms with Gasteiger partial charge in [-0.1, -0.05) is 13.0 Å². The highest BCUT2D eigenvalue weighted by Gasteiger charge is 2.35. The Bertz CT molecular complexity index is 848. The van der Waals surface area contributed by atoms with Gasteiger partial charge >= 0.3 is 0 Å². The number of carbonyl (C=O) groups excluding carboxylic acids is 2. The Morgan fingerprint density at radius 3 is 2.62 bits per heavy atom. The Labute approximate surface area is 171 Å². The third kappa shape index (κ3) is 5.50. The van der Waals surface area contributed by atoms with Crippen LogP contribution in [-0.4, -0.2) is 31.1 Å². The molecule has 0 spiro atoms. The lowest BCUT2D eigenvalue weighted by atomic mass is 10.1. The molecule has 6 nitrogen and oxygen atoms in total. The Morgan fingerprint density at radius 1 is 1.17 bits per heavy atom. The molecule has 1 N–H and O–H groups in total. The van der Waals surface area contributed by atoms with Crippen molar-refractivity contribution in [3.05, 3.63) is 48.5 Å². The number of amides is 2. The van der Waals surface area contributed by atoms with Crippen LogP contribution in [0.3, 0.4) is 0 Å². The number of ether oxygens (including phenoxy) is 2. The summed E-state index contributed by atoms with van der Waals surface area (Å²) in [5, 5.41) is 2.90. The van der Waals surface area contributed by atoms with Gasteiger partial charge in [-0.05, 0) is 56.7 Å². The molecule has 29 heavy (non-hydrogen) atoms. The number of benzene rings is 2. The summed E-state index contributed by atoms with van der Waals surface area (Å²) in [6, 6.07) is 14.7. The van der Waals surface area contributed by atoms with Gasteiger partial charge in [-0.3, -0.25) is 9.59 Å². The van der Waals surface area contributed by atoms with Crippen LogP contribution in [0.1, 0.15) is 33.6 Å². The van der Waals surface area contributed by atoms with Crippen LogP contribution in [0.5, 0.6) is 11.5 Å². The molecule has 154 valence electrons. The standard InChI is InChI=1S/C23H28N2O4/c1-4-12-28-20-10-8-19(9-11-20)25-15-17(13-22(25)26)23(27)24-18-6-5-7-21(14-18)29-16(2)3/h5-11,14,16-17H,4,12-13,15H2,1-3H3,(H,24,27)/t17-/m0/s1. The minimum Gasteiger partial charge on any atom is -0.494 e. The molecule has 6 heteroatoms. The van der Waals surface area contributed by atoms with Crippen LogP contribution in [0.4, 0.5) is 11.4 Å². The summed E-state index contributed by atoms with van der Waals surface area (Å²) in [6.07, 6.45) is 1.19. The molecule has 0 unspecified atom stereocenters. The minimum atomic E-state index is -0.395. The minimum absolute atomic E-state index is 0.0516. The number of nitrogens with zero attached hydrogens (tertiary/aromatic N) is 1. The first kappa shape index (κ1) is 20.7. The molecule has 1 heterocycles. The fourth-order valence-electron chi connectivity index (χ4n) is 3.24. The van der Waals surface area contributed by atoms with Gasteiger partial charge in [-0.25, -0.2) is 0 Å². The fraction of sp³-hybridized carbons (Fsp3) is 0.391. The van der Waals surface area contributed by atoms with Crippen LogP contribution < -0.4 is 19.7 Å². The zero-order chi connectivity index (χ0) is 20.8. The van der Waals surface area contributed by atoms with E-state index in [0.717, 1.165) is 17.9 Å². The molecule has 0 radical (unpaired) electrons. The molecule has 1 aliphatic rings. The van der Waals surface area contributed by atoms with Crippen LogP contribution in [0.25, 0.3) is 0 Å². The molecule has 1 fully saturated rings. The highest BCUT2D eigenvalue weighted by atomic mass is 16.5. The van der Waals surface area contributed by atoms with Crippen molar-refractivity contribution in [3.63, 3.8) is 0 Å². The Morgan fingerprint density at radius 2 is 1.93 bits per heavy atom. The third-order valence-corrected chi connectivity index (χ3v) is 4.59. The van der Waals surface area contributed by atoms with Gasteiger partial charge in [0.2, 0.25) is 11.8 Å². The smallest absolute Gasteiger partial charge is 0.229 e. The monoisotopic (exact) mass is 396 g/mol. The second-order valence-corrected chi connectivity index (χ2v) is 7.43. The van der Waals surface area contributed by atoms with E-state index in [-0.39, 0.29) is 24.3 Å². The van der Waals surface area contributed by atoms with E-state index in [1.165, 1.54) is 0 Å². The van der Waals surface area contributed by atoms with E-state index in [0.29, 0.717) is 24.6 Å². The number of anilines is 2. The number of nitrogens with one attached hydrogen (secondary N) is 1. The zero-order valence-corrected chi connectivity index (χ0v) is 17.2. The van der Waals surface area contributed by atoms with Gasteiger partial charge in [0.15, 0.2) is 0 Å². The van der Waals surface area contributed by atoms with Crippen molar-refractivity contribution in [1.82, 2.24) is 0 Å². The quantitative estimate of drug-likeness (QED) is 0.724. The van der Waals surface area contributed by atoms with Crippen LogP contribution in [0.2, 0.25) is 0 Å². The highest BCUT2D eigenvalue weighted by Crippen LogP contribution is 2.28. The van der Waals surface area contributed by atoms with E-state index in [1.807, 2.05) is 56.3 Å². The van der Waals surface area contributed by atoms with Gasteiger partial charge in [0.1, 0.15) is 11.5 Å². The number of carbonyl (C=O) groups is 2. The summed E-state index contributed by atoms with van der Waals surface area (Å²) in [7, 11) is 0. The van der Waals surface area contributed by atoms with E-state index >= 15 is 0 Å². The predicted octanol–water partition coefficient (Wildman–Crippen LogP) is 4.25. The summed E-state index contributed by atoms with van der Waals surface area (Å²) in [5.41, 5.74) is 1.44. The van der Waals surface area contributed by atoms with E-state index in [2.05, 4.69) is 12.2 Å². The first-order valence-electron chi connectivity index (χ1n) is 10.1. The Hall–Kier alpha value is -3.02. The molecule has 0 bridgehead atoms. The average Bonchev–Trinajstić information content (AvgIpc) is 3.08. The summed E-state index contributed by atoms with van der Waals surface area (Å²) in [5.74, 6) is 0.871. The van der Waals surface area contributed by atoms with Crippen LogP contribution in [0, 0.1) is 5.92 Å². The first-order valence-corrected chi connectivity index (χ1v) is 10.1. The molecule has 1 aliphatic heterocycles. The van der Waals surface area contributed by atoms with Crippen molar-refractivity contribution in [3.8, 4) is 11.5 Å². The van der Waals surface area contributed by atoms with Crippen molar-refractivity contribution in [2.75, 3.05) is 23.4 Å². The van der Waals surface area contributed by atoms with E-state index in [1.54, 1.807) is 11.0 Å². The van der Waals surface area contributed by atoms with Crippen LogP contribution in [-0.2, 0) is 9.59 Å². The largest absolute Gasteiger partial charge is 0.494 e. The lowest BCUT2D eigenvalue weighted by molar-refractivity contribution is -0.122. The van der Waals surface area contributed by atoms with Crippen molar-refractivity contribution in [2.24, 2.45) is 5.92 Å². The molecule has 3 rings (SSSR count). The van der Waals surface area contributed by atoms with Gasteiger partial charge in [0, 0.05) is 30.4 Å². The number of hydrogen-bond donors (Lipinski definition) is 1. The van der Waals surface area contributed by atoms with Gasteiger partial charge in [0.25, 0.3) is 0 Å². The fourth-order valence-corrected chi connectivity index (χ4v) is 3.24. The van der Waals surface area contributed by atoms with Crippen molar-refractivity contribution >= 4 is 23.2 Å². The van der Waals surface area contributed by atoms with Crippen molar-refractivity contribution < 1.29 is 19.1 Å². The maximum absolute atomic E-state index is 12.7. The Balaban J connectivity index is 1.61. The van der Waals surface area contributed by atoms with Gasteiger partial charge < -0.3 is 19.7 Å². The van der Waals surface area contributed by atoms with Crippen molar-refractivity contribution in [1.29, 1.82) is 0 Å². The highest BCUT2D eigenvalue weighted by molar-refractivity contribution is 6.03. The van der Waals surface area contributed by atoms with Gasteiger partial charge in [0.05, 0.1) is 18.6 Å². The third-order valence-electron chi connectivity index (χ3n) is 4.59. The second-order valence-electron chi connectivity index (χ2n) is 7.43. The lowest BCUT2D eigenvalue weighted by Gasteiger charge is -2.17. The van der Waals surface area contributed by atoms with Crippen molar-refractivity contribution in [2.45, 2.75) is 39.7 Å². The van der Waals surface area contributed by atoms with Gasteiger partial charge in [-0.2, -0.15) is 0 Å². The molecule has 0 aromatic heterocycles. The summed E-state index contributed by atoms with van der Waals surface area (Å²) in [4.78, 5) is 26.8. The van der Waals surface area contributed by atoms with Crippen LogP contribution in [0.15, 0.2) is 48.5 Å². The topological polar surface area (TPSA) is 67.9 Å². The summed E-state index contributed by atoms with van der Waals surface area (Å²) >= 11 is 0. The zero-order valence-electron chi connectivity index (χ0n) is 17.2. The van der Waals surface area contributed by atoms with E-state index in [4.69, 9.17) is 9.47 Å². The van der Waals surface area contributed by atoms with Gasteiger partial charge in [-0.15, -0.1) is 0 Å². The summed E-state index contributed by atoms with van der Waals surface area (Å²) < 4.78 is 11.2. The molecule has 1 saturated heterocycles. The predicted molar refractivity (Wildman–Crippen MR) is 114 cm³/mol. The normalized spacial score (nSPS) is 16.2. The second kappa shape index (κ2) is 9.45. The molecule has 2 aromatic rings. The SMILES string of the molecule is CCCOc1ccc(N2C[C@@H](C(=O)Nc3cccc(OC(C)C)c3)CC2=O)cc1. The molecule has 2 amide bonds. The maximum Gasteiger partial charge on any atom is 0.229 e. The summed E-state index contributed by atoms with van der Waals surface area (Å²) in [6.45, 7) is 6.98. The van der Waals surface area contributed by atoms with E-state index in [9.17, 15) is 9.59 Å². The molecule has 2 aromatic carbocycles. The Kier molecular flexibility index (Phi) is 6.75.